The van der Waals surface area contributed by atoms with Gasteiger partial charge in [-0.05, 0) is 36.9 Å². The number of amides is 1. The van der Waals surface area contributed by atoms with Crippen LogP contribution in [0.4, 0.5) is 5.13 Å². The number of nitrogens with one attached hydrogen (secondary N) is 1. The molecule has 1 aromatic heterocycles. The highest BCUT2D eigenvalue weighted by Gasteiger charge is 2.15. The molecule has 0 radical (unpaired) electrons. The molecule has 0 unspecified atom stereocenters. The van der Waals surface area contributed by atoms with Gasteiger partial charge in [-0.25, -0.2) is 4.98 Å². The first-order chi connectivity index (χ1) is 11.1. The summed E-state index contributed by atoms with van der Waals surface area (Å²) in [5, 5.41) is 3.48. The normalized spacial score (nSPS) is 10.7. The SMILES string of the molecule is COc1ccc(C)c2sc(NC(=O)c3ccccc3SC)nc12. The van der Waals surface area contributed by atoms with Gasteiger partial charge in [-0.15, -0.1) is 11.8 Å². The Bertz CT molecular complexity index is 874. The molecule has 0 atom stereocenters. The molecular formula is C17H16N2O2S2. The largest absolute Gasteiger partial charge is 0.494 e. The van der Waals surface area contributed by atoms with E-state index in [1.165, 1.54) is 11.3 Å². The van der Waals surface area contributed by atoms with E-state index in [1.807, 2.05) is 49.6 Å². The van der Waals surface area contributed by atoms with Crippen molar-refractivity contribution < 1.29 is 9.53 Å². The highest BCUT2D eigenvalue weighted by molar-refractivity contribution is 7.98. The Kier molecular flexibility index (Phi) is 4.54. The zero-order valence-electron chi connectivity index (χ0n) is 13.0. The summed E-state index contributed by atoms with van der Waals surface area (Å²) in [6.45, 7) is 2.02. The number of nitrogens with zero attached hydrogens (tertiary/aromatic N) is 1. The van der Waals surface area contributed by atoms with E-state index in [2.05, 4.69) is 10.3 Å². The summed E-state index contributed by atoms with van der Waals surface area (Å²) < 4.78 is 6.38. The van der Waals surface area contributed by atoms with Crippen LogP contribution < -0.4 is 10.1 Å². The van der Waals surface area contributed by atoms with E-state index in [1.54, 1.807) is 18.9 Å². The van der Waals surface area contributed by atoms with Gasteiger partial charge in [0.1, 0.15) is 11.3 Å². The number of hydrogen-bond donors (Lipinski definition) is 1. The zero-order valence-corrected chi connectivity index (χ0v) is 14.7. The monoisotopic (exact) mass is 344 g/mol. The van der Waals surface area contributed by atoms with E-state index < -0.39 is 0 Å². The Morgan fingerprint density at radius 3 is 2.78 bits per heavy atom. The van der Waals surface area contributed by atoms with Crippen LogP contribution in [0.1, 0.15) is 15.9 Å². The highest BCUT2D eigenvalue weighted by Crippen LogP contribution is 2.35. The van der Waals surface area contributed by atoms with E-state index in [9.17, 15) is 4.79 Å². The molecule has 0 spiro atoms. The van der Waals surface area contributed by atoms with Gasteiger partial charge in [-0.1, -0.05) is 29.5 Å². The fourth-order valence-corrected chi connectivity index (χ4v) is 3.87. The van der Waals surface area contributed by atoms with Crippen LogP contribution in [0.5, 0.6) is 5.75 Å². The summed E-state index contributed by atoms with van der Waals surface area (Å²) in [5.41, 5.74) is 2.55. The maximum absolute atomic E-state index is 12.5. The molecule has 0 aliphatic rings. The Morgan fingerprint density at radius 2 is 2.04 bits per heavy atom. The van der Waals surface area contributed by atoms with Crippen molar-refractivity contribution in [2.45, 2.75) is 11.8 Å². The minimum absolute atomic E-state index is 0.148. The number of anilines is 1. The Hall–Kier alpha value is -2.05. The second-order valence-electron chi connectivity index (χ2n) is 4.94. The van der Waals surface area contributed by atoms with Crippen molar-refractivity contribution in [2.24, 2.45) is 0 Å². The summed E-state index contributed by atoms with van der Waals surface area (Å²) in [7, 11) is 1.62. The lowest BCUT2D eigenvalue weighted by Crippen LogP contribution is -2.12. The number of thioether (sulfide) groups is 1. The van der Waals surface area contributed by atoms with Gasteiger partial charge in [-0.2, -0.15) is 0 Å². The second kappa shape index (κ2) is 6.60. The topological polar surface area (TPSA) is 51.2 Å². The number of ether oxygens (including phenoxy) is 1. The fraction of sp³-hybridized carbons (Fsp3) is 0.176. The lowest BCUT2D eigenvalue weighted by atomic mass is 10.2. The number of thiazole rings is 1. The molecule has 1 N–H and O–H groups in total. The molecule has 0 saturated heterocycles. The summed E-state index contributed by atoms with van der Waals surface area (Å²) in [6.07, 6.45) is 1.96. The summed E-state index contributed by atoms with van der Waals surface area (Å²) in [4.78, 5) is 18.0. The summed E-state index contributed by atoms with van der Waals surface area (Å²) in [5.74, 6) is 0.567. The molecule has 1 amide bonds. The van der Waals surface area contributed by atoms with Crippen molar-refractivity contribution in [1.29, 1.82) is 0 Å². The zero-order chi connectivity index (χ0) is 16.4. The minimum atomic E-state index is -0.148. The van der Waals surface area contributed by atoms with Crippen LogP contribution >= 0.6 is 23.1 Å². The number of benzene rings is 2. The first-order valence-corrected chi connectivity index (χ1v) is 9.06. The molecule has 23 heavy (non-hydrogen) atoms. The minimum Gasteiger partial charge on any atom is -0.494 e. The quantitative estimate of drug-likeness (QED) is 0.704. The van der Waals surface area contributed by atoms with Crippen molar-refractivity contribution in [2.75, 3.05) is 18.7 Å². The highest BCUT2D eigenvalue weighted by atomic mass is 32.2. The first kappa shape index (κ1) is 15.8. The number of hydrogen-bond acceptors (Lipinski definition) is 5. The molecule has 3 aromatic rings. The fourth-order valence-electron chi connectivity index (χ4n) is 2.32. The van der Waals surface area contributed by atoms with Gasteiger partial charge >= 0.3 is 0 Å². The van der Waals surface area contributed by atoms with Gasteiger partial charge in [0.2, 0.25) is 0 Å². The van der Waals surface area contributed by atoms with E-state index in [0.717, 1.165) is 20.7 Å². The van der Waals surface area contributed by atoms with Crippen molar-refractivity contribution in [3.8, 4) is 5.75 Å². The van der Waals surface area contributed by atoms with Crippen molar-refractivity contribution >= 4 is 44.4 Å². The maximum atomic E-state index is 12.5. The average Bonchev–Trinajstić information content (AvgIpc) is 2.99. The maximum Gasteiger partial charge on any atom is 0.258 e. The molecular weight excluding hydrogens is 328 g/mol. The number of carbonyl (C=O) groups excluding carboxylic acids is 1. The predicted octanol–water partition coefficient (Wildman–Crippen LogP) is 4.59. The van der Waals surface area contributed by atoms with Crippen molar-refractivity contribution in [3.05, 3.63) is 47.5 Å². The van der Waals surface area contributed by atoms with Gasteiger partial charge in [-0.3, -0.25) is 10.1 Å². The van der Waals surface area contributed by atoms with Gasteiger partial charge in [0.15, 0.2) is 5.13 Å². The van der Waals surface area contributed by atoms with Gasteiger partial charge < -0.3 is 4.74 Å². The molecule has 0 saturated carbocycles. The molecule has 0 aliphatic carbocycles. The third-order valence-corrected chi connectivity index (χ3v) is 5.40. The average molecular weight is 344 g/mol. The standard InChI is InChI=1S/C17H16N2O2S2/c1-10-8-9-12(21-2)14-15(10)23-17(18-14)19-16(20)11-6-4-5-7-13(11)22-3/h4-9H,1-3H3,(H,18,19,20). The Morgan fingerprint density at radius 1 is 1.26 bits per heavy atom. The van der Waals surface area contributed by atoms with Crippen LogP contribution in [0.25, 0.3) is 10.2 Å². The van der Waals surface area contributed by atoms with Gasteiger partial charge in [0.25, 0.3) is 5.91 Å². The molecule has 0 fully saturated rings. The molecule has 4 nitrogen and oxygen atoms in total. The second-order valence-corrected chi connectivity index (χ2v) is 6.78. The van der Waals surface area contributed by atoms with E-state index in [0.29, 0.717) is 16.4 Å². The van der Waals surface area contributed by atoms with Crippen LogP contribution in [0.3, 0.4) is 0 Å². The van der Waals surface area contributed by atoms with Crippen molar-refractivity contribution in [1.82, 2.24) is 4.98 Å². The Balaban J connectivity index is 1.95. The third kappa shape index (κ3) is 3.04. The molecule has 2 aromatic carbocycles. The van der Waals surface area contributed by atoms with Crippen LogP contribution in [-0.2, 0) is 0 Å². The van der Waals surface area contributed by atoms with Crippen LogP contribution in [0.2, 0.25) is 0 Å². The lowest BCUT2D eigenvalue weighted by molar-refractivity contribution is 0.102. The summed E-state index contributed by atoms with van der Waals surface area (Å²) >= 11 is 3.01. The van der Waals surface area contributed by atoms with Crippen molar-refractivity contribution in [3.63, 3.8) is 0 Å². The number of aromatic nitrogens is 1. The number of rotatable bonds is 4. The molecule has 0 bridgehead atoms. The number of methoxy groups -OCH3 is 1. The number of fused-ring (bicyclic) bond motifs is 1. The van der Waals surface area contributed by atoms with E-state index in [4.69, 9.17) is 4.74 Å². The Labute approximate surface area is 142 Å². The lowest BCUT2D eigenvalue weighted by Gasteiger charge is -2.05. The molecule has 0 aliphatic heterocycles. The van der Waals surface area contributed by atoms with Gasteiger partial charge in [0.05, 0.1) is 17.4 Å². The number of aryl methyl sites for hydroxylation is 1. The third-order valence-electron chi connectivity index (χ3n) is 3.50. The number of carbonyl (C=O) groups is 1. The molecule has 6 heteroatoms. The van der Waals surface area contributed by atoms with E-state index in [-0.39, 0.29) is 5.91 Å². The summed E-state index contributed by atoms with van der Waals surface area (Å²) in [6, 6.07) is 11.4. The molecule has 3 rings (SSSR count). The smallest absolute Gasteiger partial charge is 0.258 e. The molecule has 1 heterocycles. The van der Waals surface area contributed by atoms with Crippen LogP contribution in [0.15, 0.2) is 41.3 Å². The molecule has 118 valence electrons. The predicted molar refractivity (Wildman–Crippen MR) is 97.1 cm³/mol. The first-order valence-electron chi connectivity index (χ1n) is 7.02. The van der Waals surface area contributed by atoms with Gasteiger partial charge in [0, 0.05) is 4.90 Å². The van der Waals surface area contributed by atoms with Crippen LogP contribution in [-0.4, -0.2) is 24.3 Å². The van der Waals surface area contributed by atoms with E-state index >= 15 is 0 Å². The van der Waals surface area contributed by atoms with Crippen LogP contribution in [0, 0.1) is 6.92 Å².